The number of tetrazole rings is 1. The van der Waals surface area contributed by atoms with E-state index in [2.05, 4.69) is 20.7 Å². The molecule has 1 aromatic heterocycles. The van der Waals surface area contributed by atoms with Crippen molar-refractivity contribution in [2.75, 3.05) is 20.3 Å². The molecule has 38 heavy (non-hydrogen) atoms. The second-order valence-corrected chi connectivity index (χ2v) is 10.2. The van der Waals surface area contributed by atoms with Gasteiger partial charge in [0.1, 0.15) is 24.2 Å². The largest absolute Gasteiger partial charge is 0.497 e. The van der Waals surface area contributed by atoms with Gasteiger partial charge in [0.2, 0.25) is 17.6 Å². The first kappa shape index (κ1) is 27.2. The van der Waals surface area contributed by atoms with E-state index in [1.165, 1.54) is 34.0 Å². The predicted octanol–water partition coefficient (Wildman–Crippen LogP) is 3.15. The molecule has 2 amide bonds. The van der Waals surface area contributed by atoms with Gasteiger partial charge in [-0.3, -0.25) is 9.59 Å². The van der Waals surface area contributed by atoms with E-state index in [1.807, 2.05) is 20.8 Å². The maximum atomic E-state index is 13.8. The van der Waals surface area contributed by atoms with Crippen molar-refractivity contribution in [2.45, 2.75) is 57.8 Å². The van der Waals surface area contributed by atoms with Crippen LogP contribution in [0.25, 0.3) is 11.4 Å². The zero-order chi connectivity index (χ0) is 27.3. The van der Waals surface area contributed by atoms with Gasteiger partial charge >= 0.3 is 0 Å². The number of nitrogens with one attached hydrogen (secondary N) is 1. The molecular formula is C27H33FN6O4. The van der Waals surface area contributed by atoms with E-state index in [0.29, 0.717) is 23.7 Å². The fourth-order valence-corrected chi connectivity index (χ4v) is 4.29. The molecule has 1 saturated heterocycles. The van der Waals surface area contributed by atoms with Crippen LogP contribution in [0, 0.1) is 5.82 Å². The van der Waals surface area contributed by atoms with Crippen molar-refractivity contribution in [2.24, 2.45) is 0 Å². The second kappa shape index (κ2) is 11.7. The first-order valence-electron chi connectivity index (χ1n) is 12.5. The van der Waals surface area contributed by atoms with Gasteiger partial charge < -0.3 is 19.7 Å². The summed E-state index contributed by atoms with van der Waals surface area (Å²) in [5.41, 5.74) is 0.661. The zero-order valence-electron chi connectivity index (χ0n) is 22.1. The molecule has 0 saturated carbocycles. The number of carbonyl (C=O) groups excluding carboxylic acids is 2. The van der Waals surface area contributed by atoms with Gasteiger partial charge in [0.05, 0.1) is 13.2 Å². The van der Waals surface area contributed by atoms with Gasteiger partial charge in [-0.2, -0.15) is 4.80 Å². The fourth-order valence-electron chi connectivity index (χ4n) is 4.29. The molecule has 1 aliphatic rings. The highest BCUT2D eigenvalue weighted by molar-refractivity contribution is 5.89. The van der Waals surface area contributed by atoms with E-state index in [1.54, 1.807) is 31.4 Å². The van der Waals surface area contributed by atoms with Crippen LogP contribution in [0.1, 0.15) is 45.2 Å². The van der Waals surface area contributed by atoms with Crippen molar-refractivity contribution in [3.8, 4) is 17.1 Å². The van der Waals surface area contributed by atoms with Crippen LogP contribution in [-0.4, -0.2) is 68.8 Å². The van der Waals surface area contributed by atoms with E-state index < -0.39 is 23.3 Å². The van der Waals surface area contributed by atoms with Gasteiger partial charge in [-0.1, -0.05) is 12.1 Å². The van der Waals surface area contributed by atoms with Crippen molar-refractivity contribution in [1.82, 2.24) is 30.4 Å². The molecule has 11 heteroatoms. The Morgan fingerprint density at radius 3 is 2.50 bits per heavy atom. The van der Waals surface area contributed by atoms with E-state index in [0.717, 1.165) is 18.4 Å². The van der Waals surface area contributed by atoms with E-state index in [-0.39, 0.29) is 25.1 Å². The van der Waals surface area contributed by atoms with E-state index in [9.17, 15) is 14.0 Å². The number of aromatic nitrogens is 4. The van der Waals surface area contributed by atoms with Gasteiger partial charge in [-0.15, -0.1) is 10.2 Å². The Balaban J connectivity index is 1.63. The maximum Gasteiger partial charge on any atom is 0.247 e. The van der Waals surface area contributed by atoms with E-state index in [4.69, 9.17) is 9.47 Å². The molecule has 2 atom stereocenters. The summed E-state index contributed by atoms with van der Waals surface area (Å²) in [6.07, 6.45) is 1.42. The third-order valence-electron chi connectivity index (χ3n) is 6.07. The van der Waals surface area contributed by atoms with Crippen molar-refractivity contribution in [3.63, 3.8) is 0 Å². The highest BCUT2D eigenvalue weighted by atomic mass is 19.1. The third kappa shape index (κ3) is 6.91. The third-order valence-corrected chi connectivity index (χ3v) is 6.07. The lowest BCUT2D eigenvalue weighted by Crippen LogP contribution is -2.51. The van der Waals surface area contributed by atoms with Crippen LogP contribution >= 0.6 is 0 Å². The van der Waals surface area contributed by atoms with Crippen LogP contribution in [-0.2, 0) is 20.9 Å². The van der Waals surface area contributed by atoms with E-state index >= 15 is 0 Å². The smallest absolute Gasteiger partial charge is 0.247 e. The van der Waals surface area contributed by atoms with Crippen molar-refractivity contribution >= 4 is 11.8 Å². The number of halogens is 1. The van der Waals surface area contributed by atoms with Gasteiger partial charge in [0, 0.05) is 24.3 Å². The Labute approximate surface area is 221 Å². The van der Waals surface area contributed by atoms with Crippen LogP contribution in [0.15, 0.2) is 48.5 Å². The standard InChI is InChI=1S/C27H33FN6O4/c1-27(2,3)29-26(36)24(18-7-11-20(28)12-8-18)33(16-22-6-5-15-38-22)23(35)17-34-31-25(30-32-34)19-9-13-21(37-4)14-10-19/h7-14,22,24H,5-6,15-17H2,1-4H3,(H,29,36)/t22-,24-/m1/s1. The Morgan fingerprint density at radius 2 is 1.89 bits per heavy atom. The SMILES string of the molecule is COc1ccc(-c2nnn(CC(=O)N(C[C@H]3CCCO3)[C@@H](C(=O)NC(C)(C)C)c3ccc(F)cc3)n2)cc1. The lowest BCUT2D eigenvalue weighted by Gasteiger charge is -2.34. The zero-order valence-corrected chi connectivity index (χ0v) is 22.1. The number of hydrogen-bond donors (Lipinski definition) is 1. The maximum absolute atomic E-state index is 13.8. The minimum Gasteiger partial charge on any atom is -0.497 e. The van der Waals surface area contributed by atoms with Gasteiger partial charge in [0.15, 0.2) is 0 Å². The summed E-state index contributed by atoms with van der Waals surface area (Å²) in [6, 6.07) is 11.8. The molecule has 3 aromatic rings. The summed E-state index contributed by atoms with van der Waals surface area (Å²) < 4.78 is 24.7. The molecule has 0 unspecified atom stereocenters. The number of ether oxygens (including phenoxy) is 2. The molecule has 1 N–H and O–H groups in total. The Morgan fingerprint density at radius 1 is 1.18 bits per heavy atom. The molecular weight excluding hydrogens is 491 g/mol. The normalized spacial score (nSPS) is 16.2. The topological polar surface area (TPSA) is 111 Å². The Kier molecular flexibility index (Phi) is 8.35. The second-order valence-electron chi connectivity index (χ2n) is 10.2. The molecule has 0 aliphatic carbocycles. The van der Waals surface area contributed by atoms with Crippen LogP contribution < -0.4 is 10.1 Å². The lowest BCUT2D eigenvalue weighted by molar-refractivity contribution is -0.144. The quantitative estimate of drug-likeness (QED) is 0.458. The number of rotatable bonds is 9. The molecule has 4 rings (SSSR count). The first-order chi connectivity index (χ1) is 18.1. The summed E-state index contributed by atoms with van der Waals surface area (Å²) in [6.45, 7) is 6.13. The summed E-state index contributed by atoms with van der Waals surface area (Å²) in [4.78, 5) is 30.0. The predicted molar refractivity (Wildman–Crippen MR) is 138 cm³/mol. The lowest BCUT2D eigenvalue weighted by atomic mass is 10.0. The molecule has 1 aliphatic heterocycles. The minimum absolute atomic E-state index is 0.193. The van der Waals surface area contributed by atoms with Crippen LogP contribution in [0.3, 0.4) is 0 Å². The molecule has 10 nitrogen and oxygen atoms in total. The Bertz CT molecular complexity index is 1230. The molecule has 0 bridgehead atoms. The monoisotopic (exact) mass is 524 g/mol. The first-order valence-corrected chi connectivity index (χ1v) is 12.5. The van der Waals surface area contributed by atoms with Crippen molar-refractivity contribution < 1.29 is 23.5 Å². The molecule has 202 valence electrons. The number of carbonyl (C=O) groups is 2. The average molecular weight is 525 g/mol. The number of benzene rings is 2. The summed E-state index contributed by atoms with van der Waals surface area (Å²) >= 11 is 0. The molecule has 0 radical (unpaired) electrons. The highest BCUT2D eigenvalue weighted by Gasteiger charge is 2.36. The van der Waals surface area contributed by atoms with Gasteiger partial charge in [0.25, 0.3) is 0 Å². The van der Waals surface area contributed by atoms with Gasteiger partial charge in [-0.25, -0.2) is 4.39 Å². The number of nitrogens with zero attached hydrogens (tertiary/aromatic N) is 5. The summed E-state index contributed by atoms with van der Waals surface area (Å²) in [5.74, 6) is -0.148. The molecule has 0 spiro atoms. The van der Waals surface area contributed by atoms with Crippen molar-refractivity contribution in [1.29, 1.82) is 0 Å². The molecule has 2 aromatic carbocycles. The molecule has 2 heterocycles. The fraction of sp³-hybridized carbons (Fsp3) is 0.444. The molecule has 1 fully saturated rings. The van der Waals surface area contributed by atoms with Crippen LogP contribution in [0.5, 0.6) is 5.75 Å². The number of amides is 2. The summed E-state index contributed by atoms with van der Waals surface area (Å²) in [5, 5.41) is 15.5. The van der Waals surface area contributed by atoms with Crippen LogP contribution in [0.4, 0.5) is 4.39 Å². The number of hydrogen-bond acceptors (Lipinski definition) is 7. The number of methoxy groups -OCH3 is 1. The summed E-state index contributed by atoms with van der Waals surface area (Å²) in [7, 11) is 1.58. The average Bonchev–Trinajstić information content (AvgIpc) is 3.56. The van der Waals surface area contributed by atoms with Gasteiger partial charge in [-0.05, 0) is 80.8 Å². The van der Waals surface area contributed by atoms with Crippen molar-refractivity contribution in [3.05, 3.63) is 59.9 Å². The Hall–Kier alpha value is -3.86. The minimum atomic E-state index is -1.00. The van der Waals surface area contributed by atoms with Crippen LogP contribution in [0.2, 0.25) is 0 Å². The highest BCUT2D eigenvalue weighted by Crippen LogP contribution is 2.26.